The zero-order valence-electron chi connectivity index (χ0n) is 7.77. The Hall–Kier alpha value is -2.30. The molecule has 0 spiro atoms. The molecule has 0 aliphatic rings. The highest BCUT2D eigenvalue weighted by Gasteiger charge is 2.05. The Morgan fingerprint density at radius 2 is 2.20 bits per heavy atom. The van der Waals surface area contributed by atoms with Crippen molar-refractivity contribution in [2.75, 3.05) is 5.73 Å². The molecule has 3 rings (SSSR count). The predicted molar refractivity (Wildman–Crippen MR) is 56.0 cm³/mol. The van der Waals surface area contributed by atoms with E-state index in [-0.39, 0.29) is 6.01 Å². The van der Waals surface area contributed by atoms with Gasteiger partial charge in [0.25, 0.3) is 6.01 Å². The zero-order chi connectivity index (χ0) is 10.3. The quantitative estimate of drug-likeness (QED) is 0.627. The summed E-state index contributed by atoms with van der Waals surface area (Å²) < 4.78 is 5.23. The Balaban J connectivity index is 2.18. The Bertz CT molecular complexity index is 610. The molecule has 15 heavy (non-hydrogen) atoms. The smallest absolute Gasteiger partial charge is 0.292 e. The fraction of sp³-hybridized carbons (Fsp3) is 0. The number of aromatic amines is 1. The van der Waals surface area contributed by atoms with Crippen LogP contribution in [-0.2, 0) is 0 Å². The molecule has 74 valence electrons. The van der Waals surface area contributed by atoms with Crippen LogP contribution in [0.15, 0.2) is 35.1 Å². The number of nitrogens with one attached hydrogen (secondary N) is 1. The molecule has 0 unspecified atom stereocenters. The van der Waals surface area contributed by atoms with Gasteiger partial charge in [-0.2, -0.15) is 0 Å². The molecule has 3 aromatic rings. The van der Waals surface area contributed by atoms with Crippen LogP contribution in [0.3, 0.4) is 0 Å². The topological polar surface area (TPSA) is 80.7 Å². The van der Waals surface area contributed by atoms with Crippen LogP contribution in [0.1, 0.15) is 0 Å². The number of nitrogens with zero attached hydrogens (tertiary/aromatic N) is 2. The summed E-state index contributed by atoms with van der Waals surface area (Å²) in [6.07, 6.45) is 3.26. The molecule has 5 nitrogen and oxygen atoms in total. The van der Waals surface area contributed by atoms with Crippen molar-refractivity contribution < 1.29 is 4.42 Å². The average Bonchev–Trinajstić information content (AvgIpc) is 2.84. The van der Waals surface area contributed by atoms with Crippen LogP contribution in [0, 0.1) is 0 Å². The van der Waals surface area contributed by atoms with Gasteiger partial charge >= 0.3 is 0 Å². The van der Waals surface area contributed by atoms with Crippen molar-refractivity contribution >= 4 is 17.0 Å². The summed E-state index contributed by atoms with van der Waals surface area (Å²) in [5.41, 5.74) is 8.22. The van der Waals surface area contributed by atoms with E-state index in [9.17, 15) is 0 Å². The fourth-order valence-corrected chi connectivity index (χ4v) is 1.51. The van der Waals surface area contributed by atoms with Crippen molar-refractivity contribution in [3.8, 4) is 11.3 Å². The maximum absolute atomic E-state index is 5.41. The number of hydrogen-bond acceptors (Lipinski definition) is 4. The highest BCUT2D eigenvalue weighted by atomic mass is 16.4. The standard InChI is InChI=1S/C10H8N4O/c11-10-12-4-9(15-10)6-1-2-7-8(3-6)14-5-13-7/h1-5H,(H2,11,12)(H,13,14). The minimum Gasteiger partial charge on any atom is -0.424 e. The molecule has 0 aliphatic heterocycles. The second kappa shape index (κ2) is 2.84. The van der Waals surface area contributed by atoms with Gasteiger partial charge in [-0.1, -0.05) is 0 Å². The molecule has 3 N–H and O–H groups in total. The molecule has 2 aromatic heterocycles. The van der Waals surface area contributed by atoms with Gasteiger partial charge in [0.05, 0.1) is 23.6 Å². The van der Waals surface area contributed by atoms with Crippen molar-refractivity contribution in [1.82, 2.24) is 15.0 Å². The van der Waals surface area contributed by atoms with E-state index in [1.807, 2.05) is 18.2 Å². The number of hydrogen-bond donors (Lipinski definition) is 2. The van der Waals surface area contributed by atoms with E-state index in [1.54, 1.807) is 12.5 Å². The summed E-state index contributed by atoms with van der Waals surface area (Å²) in [6, 6.07) is 5.96. The van der Waals surface area contributed by atoms with Crippen molar-refractivity contribution in [2.24, 2.45) is 0 Å². The Morgan fingerprint density at radius 3 is 3.00 bits per heavy atom. The SMILES string of the molecule is Nc1ncc(-c2ccc3nc[nH]c3c2)o1. The molecule has 1 aromatic carbocycles. The Labute approximate surface area is 85.0 Å². The van der Waals surface area contributed by atoms with Crippen LogP contribution < -0.4 is 5.73 Å². The van der Waals surface area contributed by atoms with Gasteiger partial charge in [0, 0.05) is 5.56 Å². The van der Waals surface area contributed by atoms with Gasteiger partial charge in [-0.3, -0.25) is 0 Å². The average molecular weight is 200 g/mol. The summed E-state index contributed by atoms with van der Waals surface area (Å²) in [7, 11) is 0. The number of nitrogens with two attached hydrogens (primary N) is 1. The lowest BCUT2D eigenvalue weighted by Gasteiger charge is -1.95. The number of anilines is 1. The summed E-state index contributed by atoms with van der Waals surface area (Å²) in [6.45, 7) is 0. The first-order valence-corrected chi connectivity index (χ1v) is 4.48. The monoisotopic (exact) mass is 200 g/mol. The van der Waals surface area contributed by atoms with E-state index in [0.29, 0.717) is 5.76 Å². The molecule has 0 fully saturated rings. The van der Waals surface area contributed by atoms with Crippen LogP contribution >= 0.6 is 0 Å². The third kappa shape index (κ3) is 1.25. The maximum atomic E-state index is 5.41. The molecule has 0 saturated carbocycles. The first kappa shape index (κ1) is 8.05. The number of aromatic nitrogens is 3. The number of nitrogen functional groups attached to an aromatic ring is 1. The third-order valence-electron chi connectivity index (χ3n) is 2.23. The molecule has 0 bridgehead atoms. The van der Waals surface area contributed by atoms with Crippen LogP contribution in [0.5, 0.6) is 0 Å². The third-order valence-corrected chi connectivity index (χ3v) is 2.23. The van der Waals surface area contributed by atoms with Crippen molar-refractivity contribution in [3.63, 3.8) is 0 Å². The minimum atomic E-state index is 0.176. The number of imidazole rings is 1. The fourth-order valence-electron chi connectivity index (χ4n) is 1.51. The number of fused-ring (bicyclic) bond motifs is 1. The van der Waals surface area contributed by atoms with Gasteiger partial charge in [0.15, 0.2) is 5.76 Å². The summed E-state index contributed by atoms with van der Waals surface area (Å²) in [4.78, 5) is 11.0. The van der Waals surface area contributed by atoms with Crippen LogP contribution in [0.25, 0.3) is 22.4 Å². The van der Waals surface area contributed by atoms with Gasteiger partial charge < -0.3 is 15.1 Å². The molecular formula is C10H8N4O. The second-order valence-corrected chi connectivity index (χ2v) is 3.20. The summed E-state index contributed by atoms with van der Waals surface area (Å²) in [5.74, 6) is 0.656. The zero-order valence-corrected chi connectivity index (χ0v) is 7.77. The number of benzene rings is 1. The lowest BCUT2D eigenvalue weighted by Crippen LogP contribution is -1.80. The van der Waals surface area contributed by atoms with Gasteiger partial charge in [-0.15, -0.1) is 0 Å². The highest BCUT2D eigenvalue weighted by molar-refractivity contribution is 5.80. The van der Waals surface area contributed by atoms with Gasteiger partial charge in [0.1, 0.15) is 0 Å². The van der Waals surface area contributed by atoms with E-state index < -0.39 is 0 Å². The highest BCUT2D eigenvalue weighted by Crippen LogP contribution is 2.23. The van der Waals surface area contributed by atoms with E-state index in [2.05, 4.69) is 15.0 Å². The van der Waals surface area contributed by atoms with Gasteiger partial charge in [0.2, 0.25) is 0 Å². The minimum absolute atomic E-state index is 0.176. The molecule has 5 heteroatoms. The number of rotatable bonds is 1. The number of H-pyrrole nitrogens is 1. The van der Waals surface area contributed by atoms with E-state index >= 15 is 0 Å². The molecule has 0 atom stereocenters. The van der Waals surface area contributed by atoms with Crippen molar-refractivity contribution in [2.45, 2.75) is 0 Å². The van der Waals surface area contributed by atoms with E-state index in [0.717, 1.165) is 16.6 Å². The molecule has 0 radical (unpaired) electrons. The summed E-state index contributed by atoms with van der Waals surface area (Å²) >= 11 is 0. The molecule has 2 heterocycles. The van der Waals surface area contributed by atoms with E-state index in [1.165, 1.54) is 0 Å². The second-order valence-electron chi connectivity index (χ2n) is 3.20. The Morgan fingerprint density at radius 1 is 1.27 bits per heavy atom. The normalized spacial score (nSPS) is 10.9. The number of oxazole rings is 1. The van der Waals surface area contributed by atoms with E-state index in [4.69, 9.17) is 10.2 Å². The van der Waals surface area contributed by atoms with Crippen LogP contribution in [0.4, 0.5) is 6.01 Å². The van der Waals surface area contributed by atoms with Crippen molar-refractivity contribution in [3.05, 3.63) is 30.7 Å². The molecule has 0 aliphatic carbocycles. The molecule has 0 amide bonds. The predicted octanol–water partition coefficient (Wildman–Crippen LogP) is 1.80. The van der Waals surface area contributed by atoms with Crippen LogP contribution in [-0.4, -0.2) is 15.0 Å². The molecule has 0 saturated heterocycles. The van der Waals surface area contributed by atoms with Gasteiger partial charge in [-0.05, 0) is 18.2 Å². The van der Waals surface area contributed by atoms with Crippen molar-refractivity contribution in [1.29, 1.82) is 0 Å². The summed E-state index contributed by atoms with van der Waals surface area (Å²) in [5, 5.41) is 0. The largest absolute Gasteiger partial charge is 0.424 e. The lowest BCUT2D eigenvalue weighted by molar-refractivity contribution is 0.595. The first-order chi connectivity index (χ1) is 7.33. The first-order valence-electron chi connectivity index (χ1n) is 4.48. The Kier molecular flexibility index (Phi) is 1.53. The van der Waals surface area contributed by atoms with Crippen LogP contribution in [0.2, 0.25) is 0 Å². The maximum Gasteiger partial charge on any atom is 0.292 e. The lowest BCUT2D eigenvalue weighted by atomic mass is 10.1. The van der Waals surface area contributed by atoms with Gasteiger partial charge in [-0.25, -0.2) is 9.97 Å². The molecular weight excluding hydrogens is 192 g/mol.